The summed E-state index contributed by atoms with van der Waals surface area (Å²) in [5.41, 5.74) is 2.11. The van der Waals surface area contributed by atoms with Gasteiger partial charge in [-0.1, -0.05) is 22.0 Å². The summed E-state index contributed by atoms with van der Waals surface area (Å²) in [6.07, 6.45) is 0. The van der Waals surface area contributed by atoms with Crippen LogP contribution >= 0.6 is 27.3 Å². The highest BCUT2D eigenvalue weighted by Crippen LogP contribution is 2.20. The van der Waals surface area contributed by atoms with Crippen molar-refractivity contribution in [3.63, 3.8) is 0 Å². The van der Waals surface area contributed by atoms with Crippen molar-refractivity contribution < 1.29 is 4.79 Å². The maximum atomic E-state index is 11.8. The minimum atomic E-state index is -0.0342. The molecule has 2 aromatic rings. The maximum Gasteiger partial charge on any atom is 0.238 e. The van der Waals surface area contributed by atoms with Crippen molar-refractivity contribution in [3.8, 4) is 0 Å². The molecule has 1 aromatic heterocycles. The normalized spacial score (nSPS) is 10.6. The Morgan fingerprint density at radius 1 is 1.30 bits per heavy atom. The van der Waals surface area contributed by atoms with Gasteiger partial charge in [0.1, 0.15) is 0 Å². The Morgan fingerprint density at radius 2 is 2.10 bits per heavy atom. The molecule has 2 rings (SSSR count). The van der Waals surface area contributed by atoms with Crippen LogP contribution in [-0.4, -0.2) is 12.5 Å². The van der Waals surface area contributed by atoms with Crippen molar-refractivity contribution in [2.45, 2.75) is 20.4 Å². The van der Waals surface area contributed by atoms with Crippen molar-refractivity contribution >= 4 is 38.9 Å². The summed E-state index contributed by atoms with van der Waals surface area (Å²) < 4.78 is 0.952. The summed E-state index contributed by atoms with van der Waals surface area (Å²) in [5.74, 6) is -0.0342. The van der Waals surface area contributed by atoms with Crippen LogP contribution in [0.25, 0.3) is 0 Å². The Bertz CT molecular complexity index is 590. The number of aryl methyl sites for hydroxylation is 2. The molecule has 1 aromatic carbocycles. The van der Waals surface area contributed by atoms with Crippen LogP contribution in [-0.2, 0) is 11.3 Å². The van der Waals surface area contributed by atoms with Crippen molar-refractivity contribution in [2.75, 3.05) is 11.9 Å². The number of hydrogen-bond acceptors (Lipinski definition) is 3. The molecular formula is C15H17BrN2OS. The molecule has 5 heteroatoms. The van der Waals surface area contributed by atoms with Gasteiger partial charge in [0.25, 0.3) is 0 Å². The third-order valence-corrected chi connectivity index (χ3v) is 4.56. The molecule has 20 heavy (non-hydrogen) atoms. The third-order valence-electron chi connectivity index (χ3n) is 2.91. The van der Waals surface area contributed by atoms with Crippen LogP contribution in [0.15, 0.2) is 34.8 Å². The van der Waals surface area contributed by atoms with Gasteiger partial charge in [-0.25, -0.2) is 0 Å². The molecule has 0 aliphatic rings. The zero-order chi connectivity index (χ0) is 14.5. The van der Waals surface area contributed by atoms with Crippen LogP contribution in [0.1, 0.15) is 15.3 Å². The summed E-state index contributed by atoms with van der Waals surface area (Å²) in [6, 6.07) is 9.73. The van der Waals surface area contributed by atoms with Gasteiger partial charge < -0.3 is 10.6 Å². The van der Waals surface area contributed by atoms with Crippen LogP contribution in [0.3, 0.4) is 0 Å². The fraction of sp³-hybridized carbons (Fsp3) is 0.267. The van der Waals surface area contributed by atoms with Gasteiger partial charge in [0.15, 0.2) is 0 Å². The first-order valence-corrected chi connectivity index (χ1v) is 7.97. The first kappa shape index (κ1) is 15.2. The lowest BCUT2D eigenvalue weighted by atomic mass is 10.3. The van der Waals surface area contributed by atoms with Crippen LogP contribution in [0.5, 0.6) is 0 Å². The zero-order valence-electron chi connectivity index (χ0n) is 11.5. The van der Waals surface area contributed by atoms with E-state index in [1.54, 1.807) is 11.3 Å². The van der Waals surface area contributed by atoms with E-state index in [9.17, 15) is 4.79 Å². The van der Waals surface area contributed by atoms with Gasteiger partial charge in [0, 0.05) is 26.5 Å². The molecule has 3 nitrogen and oxygen atoms in total. The lowest BCUT2D eigenvalue weighted by molar-refractivity contribution is -0.115. The molecular weight excluding hydrogens is 336 g/mol. The van der Waals surface area contributed by atoms with Crippen molar-refractivity contribution in [3.05, 3.63) is 50.1 Å². The molecule has 0 unspecified atom stereocenters. The predicted octanol–water partition coefficient (Wildman–Crippen LogP) is 3.86. The van der Waals surface area contributed by atoms with Gasteiger partial charge in [-0.05, 0) is 43.7 Å². The van der Waals surface area contributed by atoms with E-state index in [2.05, 4.69) is 46.5 Å². The number of carbonyl (C=O) groups is 1. The Balaban J connectivity index is 1.78. The fourth-order valence-electron chi connectivity index (χ4n) is 1.81. The molecule has 0 bridgehead atoms. The van der Waals surface area contributed by atoms with E-state index in [0.717, 1.165) is 16.7 Å². The largest absolute Gasteiger partial charge is 0.325 e. The standard InChI is InChI=1S/C15H17BrN2OS/c1-10-6-14(20-11(10)2)8-17-9-15(19)18-13-5-3-4-12(16)7-13/h3-7,17H,8-9H2,1-2H3,(H,18,19). The van der Waals surface area contributed by atoms with Crippen molar-refractivity contribution in [1.82, 2.24) is 5.32 Å². The third kappa shape index (κ3) is 4.44. The molecule has 106 valence electrons. The molecule has 0 fully saturated rings. The number of hydrogen-bond donors (Lipinski definition) is 2. The molecule has 0 aliphatic heterocycles. The van der Waals surface area contributed by atoms with Gasteiger partial charge in [-0.3, -0.25) is 4.79 Å². The Kier molecular flexibility index (Phi) is 5.34. The molecule has 2 N–H and O–H groups in total. The van der Waals surface area contributed by atoms with E-state index in [-0.39, 0.29) is 5.91 Å². The highest BCUT2D eigenvalue weighted by molar-refractivity contribution is 9.10. The molecule has 0 spiro atoms. The lowest BCUT2D eigenvalue weighted by Gasteiger charge is -2.06. The molecule has 0 saturated heterocycles. The van der Waals surface area contributed by atoms with E-state index in [1.165, 1.54) is 15.3 Å². The van der Waals surface area contributed by atoms with Gasteiger partial charge in [-0.15, -0.1) is 11.3 Å². The number of anilines is 1. The second-order valence-electron chi connectivity index (χ2n) is 4.61. The number of thiophene rings is 1. The van der Waals surface area contributed by atoms with E-state index < -0.39 is 0 Å². The Labute approximate surface area is 131 Å². The van der Waals surface area contributed by atoms with Crippen LogP contribution in [0, 0.1) is 13.8 Å². The fourth-order valence-corrected chi connectivity index (χ4v) is 3.23. The minimum Gasteiger partial charge on any atom is -0.325 e. The lowest BCUT2D eigenvalue weighted by Crippen LogP contribution is -2.27. The number of amides is 1. The number of benzene rings is 1. The maximum absolute atomic E-state index is 11.8. The van der Waals surface area contributed by atoms with Crippen molar-refractivity contribution in [1.29, 1.82) is 0 Å². The van der Waals surface area contributed by atoms with Gasteiger partial charge in [0.2, 0.25) is 5.91 Å². The van der Waals surface area contributed by atoms with E-state index in [1.807, 2.05) is 24.3 Å². The predicted molar refractivity (Wildman–Crippen MR) is 88.3 cm³/mol. The molecule has 0 atom stereocenters. The number of rotatable bonds is 5. The van der Waals surface area contributed by atoms with Gasteiger partial charge in [0.05, 0.1) is 6.54 Å². The summed E-state index contributed by atoms with van der Waals surface area (Å²) in [5, 5.41) is 6.02. The topological polar surface area (TPSA) is 41.1 Å². The molecule has 1 heterocycles. The first-order chi connectivity index (χ1) is 9.54. The Morgan fingerprint density at radius 3 is 2.75 bits per heavy atom. The average Bonchev–Trinajstić information content (AvgIpc) is 2.68. The van der Waals surface area contributed by atoms with Gasteiger partial charge in [-0.2, -0.15) is 0 Å². The molecule has 0 saturated carbocycles. The number of halogens is 1. The molecule has 0 radical (unpaired) electrons. The SMILES string of the molecule is Cc1cc(CNCC(=O)Nc2cccc(Br)c2)sc1C. The van der Waals surface area contributed by atoms with Crippen molar-refractivity contribution in [2.24, 2.45) is 0 Å². The first-order valence-electron chi connectivity index (χ1n) is 6.36. The van der Waals surface area contributed by atoms with E-state index in [4.69, 9.17) is 0 Å². The Hall–Kier alpha value is -1.17. The monoisotopic (exact) mass is 352 g/mol. The van der Waals surface area contributed by atoms with E-state index in [0.29, 0.717) is 6.54 Å². The van der Waals surface area contributed by atoms with E-state index >= 15 is 0 Å². The number of nitrogens with one attached hydrogen (secondary N) is 2. The van der Waals surface area contributed by atoms with Gasteiger partial charge >= 0.3 is 0 Å². The molecule has 1 amide bonds. The zero-order valence-corrected chi connectivity index (χ0v) is 13.9. The summed E-state index contributed by atoms with van der Waals surface area (Å²) in [7, 11) is 0. The quantitative estimate of drug-likeness (QED) is 0.857. The average molecular weight is 353 g/mol. The summed E-state index contributed by atoms with van der Waals surface area (Å²) >= 11 is 5.15. The van der Waals surface area contributed by atoms with Crippen LogP contribution in [0.2, 0.25) is 0 Å². The summed E-state index contributed by atoms with van der Waals surface area (Å²) in [6.45, 7) is 5.26. The second-order valence-corrected chi connectivity index (χ2v) is 6.87. The van der Waals surface area contributed by atoms with Crippen LogP contribution < -0.4 is 10.6 Å². The smallest absolute Gasteiger partial charge is 0.238 e. The second kappa shape index (κ2) is 7.02. The minimum absolute atomic E-state index is 0.0342. The number of carbonyl (C=O) groups excluding carboxylic acids is 1. The highest BCUT2D eigenvalue weighted by atomic mass is 79.9. The highest BCUT2D eigenvalue weighted by Gasteiger charge is 2.04. The summed E-state index contributed by atoms with van der Waals surface area (Å²) in [4.78, 5) is 14.4. The van der Waals surface area contributed by atoms with Crippen LogP contribution in [0.4, 0.5) is 5.69 Å². The molecule has 0 aliphatic carbocycles.